The van der Waals surface area contributed by atoms with Crippen molar-refractivity contribution in [3.8, 4) is 11.8 Å². The molecule has 1 N–H and O–H groups in total. The van der Waals surface area contributed by atoms with Gasteiger partial charge in [0.1, 0.15) is 11.3 Å². The van der Waals surface area contributed by atoms with Gasteiger partial charge in [-0.05, 0) is 19.8 Å². The van der Waals surface area contributed by atoms with Gasteiger partial charge in [-0.1, -0.05) is 5.92 Å². The molecule has 0 aromatic carbocycles. The highest BCUT2D eigenvalue weighted by molar-refractivity contribution is 5.28. The Balaban J connectivity index is 2.93. The molecule has 14 heavy (non-hydrogen) atoms. The molecule has 4 nitrogen and oxygen atoms in total. The molecule has 0 unspecified atom stereocenters. The van der Waals surface area contributed by atoms with E-state index < -0.39 is 5.60 Å². The first-order valence-corrected chi connectivity index (χ1v) is 4.16. The smallest absolute Gasteiger partial charge is 0.251 e. The van der Waals surface area contributed by atoms with Crippen LogP contribution in [-0.4, -0.2) is 22.7 Å². The first-order valence-electron chi connectivity index (χ1n) is 4.16. The predicted molar refractivity (Wildman–Crippen MR) is 52.8 cm³/mol. The van der Waals surface area contributed by atoms with Gasteiger partial charge < -0.3 is 9.72 Å². The van der Waals surface area contributed by atoms with Crippen LogP contribution in [0.15, 0.2) is 17.2 Å². The number of rotatable bonds is 1. The van der Waals surface area contributed by atoms with Gasteiger partial charge in [-0.25, -0.2) is 4.98 Å². The monoisotopic (exact) mass is 192 g/mol. The number of hydrogen-bond acceptors (Lipinski definition) is 3. The number of aromatic nitrogens is 2. The lowest BCUT2D eigenvalue weighted by Crippen LogP contribution is -2.19. The zero-order chi connectivity index (χ0) is 10.6. The molecule has 0 bridgehead atoms. The summed E-state index contributed by atoms with van der Waals surface area (Å²) in [5.74, 6) is 5.64. The average Bonchev–Trinajstić information content (AvgIpc) is 2.15. The summed E-state index contributed by atoms with van der Waals surface area (Å²) < 4.78 is 5.10. The zero-order valence-electron chi connectivity index (χ0n) is 8.42. The van der Waals surface area contributed by atoms with E-state index >= 15 is 0 Å². The first-order chi connectivity index (χ1) is 6.53. The third-order valence-electron chi connectivity index (χ3n) is 1.68. The van der Waals surface area contributed by atoms with E-state index in [0.29, 0.717) is 5.69 Å². The Kier molecular flexibility index (Phi) is 3.05. The highest BCUT2D eigenvalue weighted by Gasteiger charge is 2.10. The molecule has 1 rings (SSSR count). The summed E-state index contributed by atoms with van der Waals surface area (Å²) in [5.41, 5.74) is -0.289. The molecule has 1 aromatic heterocycles. The van der Waals surface area contributed by atoms with Gasteiger partial charge in [0.05, 0.1) is 6.33 Å². The van der Waals surface area contributed by atoms with E-state index in [-0.39, 0.29) is 5.56 Å². The van der Waals surface area contributed by atoms with Crippen LogP contribution in [0.1, 0.15) is 19.5 Å². The molecule has 0 spiro atoms. The van der Waals surface area contributed by atoms with Crippen molar-refractivity contribution in [1.29, 1.82) is 0 Å². The second-order valence-corrected chi connectivity index (χ2v) is 3.26. The van der Waals surface area contributed by atoms with Crippen molar-refractivity contribution in [2.24, 2.45) is 0 Å². The van der Waals surface area contributed by atoms with E-state index in [9.17, 15) is 4.79 Å². The molecule has 1 aromatic rings. The molecule has 4 heteroatoms. The molecular formula is C10H12N2O2. The minimum Gasteiger partial charge on any atom is -0.366 e. The lowest BCUT2D eigenvalue weighted by atomic mass is 10.1. The Hall–Kier alpha value is -1.60. The Bertz CT molecular complexity index is 423. The van der Waals surface area contributed by atoms with Crippen LogP contribution in [0, 0.1) is 11.8 Å². The lowest BCUT2D eigenvalue weighted by molar-refractivity contribution is 0.0741. The van der Waals surface area contributed by atoms with Crippen LogP contribution in [0.25, 0.3) is 0 Å². The molecule has 0 saturated carbocycles. The van der Waals surface area contributed by atoms with Gasteiger partial charge in [0, 0.05) is 13.2 Å². The third-order valence-corrected chi connectivity index (χ3v) is 1.68. The molecule has 0 radical (unpaired) electrons. The normalized spacial score (nSPS) is 10.5. The van der Waals surface area contributed by atoms with Gasteiger partial charge >= 0.3 is 0 Å². The van der Waals surface area contributed by atoms with Gasteiger partial charge in [0.15, 0.2) is 0 Å². The maximum atomic E-state index is 10.9. The summed E-state index contributed by atoms with van der Waals surface area (Å²) in [6.07, 6.45) is 1.33. The van der Waals surface area contributed by atoms with Crippen LogP contribution >= 0.6 is 0 Å². The molecule has 0 fully saturated rings. The molecule has 1 heterocycles. The number of ether oxygens (including phenoxy) is 1. The first kappa shape index (κ1) is 10.5. The summed E-state index contributed by atoms with van der Waals surface area (Å²) in [4.78, 5) is 17.2. The highest BCUT2D eigenvalue weighted by atomic mass is 16.5. The van der Waals surface area contributed by atoms with Crippen molar-refractivity contribution >= 4 is 0 Å². The zero-order valence-corrected chi connectivity index (χ0v) is 8.42. The van der Waals surface area contributed by atoms with Crippen molar-refractivity contribution in [2.45, 2.75) is 19.4 Å². The number of methoxy groups -OCH3 is 1. The second-order valence-electron chi connectivity index (χ2n) is 3.26. The van der Waals surface area contributed by atoms with Crippen LogP contribution in [0.4, 0.5) is 0 Å². The van der Waals surface area contributed by atoms with E-state index in [1.807, 2.05) is 13.8 Å². The van der Waals surface area contributed by atoms with Crippen LogP contribution in [-0.2, 0) is 4.74 Å². The van der Waals surface area contributed by atoms with Crippen molar-refractivity contribution in [3.05, 3.63) is 28.4 Å². The van der Waals surface area contributed by atoms with Gasteiger partial charge in [-0.2, -0.15) is 0 Å². The van der Waals surface area contributed by atoms with Crippen molar-refractivity contribution < 1.29 is 4.74 Å². The molecular weight excluding hydrogens is 180 g/mol. The molecule has 0 amide bonds. The average molecular weight is 192 g/mol. The number of aromatic amines is 1. The van der Waals surface area contributed by atoms with Crippen LogP contribution < -0.4 is 5.56 Å². The second kappa shape index (κ2) is 4.07. The van der Waals surface area contributed by atoms with Crippen molar-refractivity contribution in [2.75, 3.05) is 7.11 Å². The maximum absolute atomic E-state index is 10.9. The van der Waals surface area contributed by atoms with E-state index in [1.54, 1.807) is 7.11 Å². The quantitative estimate of drug-likeness (QED) is 0.661. The van der Waals surface area contributed by atoms with Gasteiger partial charge in [-0.15, -0.1) is 0 Å². The van der Waals surface area contributed by atoms with Crippen molar-refractivity contribution in [3.63, 3.8) is 0 Å². The van der Waals surface area contributed by atoms with Gasteiger partial charge in [0.25, 0.3) is 5.56 Å². The fourth-order valence-corrected chi connectivity index (χ4v) is 0.702. The maximum Gasteiger partial charge on any atom is 0.251 e. The van der Waals surface area contributed by atoms with E-state index in [4.69, 9.17) is 4.74 Å². The molecule has 0 aliphatic heterocycles. The minimum atomic E-state index is -0.524. The standard InChI is InChI=1S/C10H12N2O2/c1-10(2,14-3)5-4-8-6-9(13)12-7-11-8/h6-7H,1-3H3,(H,11,12,13). The fourth-order valence-electron chi connectivity index (χ4n) is 0.702. The Labute approximate surface area is 82.3 Å². The topological polar surface area (TPSA) is 55.0 Å². The molecule has 0 atom stereocenters. The molecule has 74 valence electrons. The van der Waals surface area contributed by atoms with Crippen molar-refractivity contribution in [1.82, 2.24) is 9.97 Å². The van der Waals surface area contributed by atoms with E-state index in [1.165, 1.54) is 12.4 Å². The number of nitrogens with zero attached hydrogens (tertiary/aromatic N) is 1. The van der Waals surface area contributed by atoms with Gasteiger partial charge in [-0.3, -0.25) is 4.79 Å². The summed E-state index contributed by atoms with van der Waals surface area (Å²) in [6.45, 7) is 3.68. The van der Waals surface area contributed by atoms with E-state index in [2.05, 4.69) is 21.8 Å². The largest absolute Gasteiger partial charge is 0.366 e. The minimum absolute atomic E-state index is 0.209. The Morgan fingerprint density at radius 3 is 2.86 bits per heavy atom. The molecule has 0 saturated heterocycles. The number of hydrogen-bond donors (Lipinski definition) is 1. The number of H-pyrrole nitrogens is 1. The van der Waals surface area contributed by atoms with Crippen LogP contribution in [0.5, 0.6) is 0 Å². The van der Waals surface area contributed by atoms with E-state index in [0.717, 1.165) is 0 Å². The summed E-state index contributed by atoms with van der Waals surface area (Å²) in [7, 11) is 1.58. The lowest BCUT2D eigenvalue weighted by Gasteiger charge is -2.13. The molecule has 0 aliphatic carbocycles. The predicted octanol–water partition coefficient (Wildman–Crippen LogP) is 0.546. The Morgan fingerprint density at radius 1 is 1.57 bits per heavy atom. The summed E-state index contributed by atoms with van der Waals surface area (Å²) >= 11 is 0. The SMILES string of the molecule is COC(C)(C)C#Cc1cc(=O)[nH]cn1. The van der Waals surface area contributed by atoms with Gasteiger partial charge in [0.2, 0.25) is 0 Å². The third kappa shape index (κ3) is 3.04. The van der Waals surface area contributed by atoms with Crippen LogP contribution in [0.2, 0.25) is 0 Å². The highest BCUT2D eigenvalue weighted by Crippen LogP contribution is 2.04. The summed E-state index contributed by atoms with van der Waals surface area (Å²) in [5, 5.41) is 0. The summed E-state index contributed by atoms with van der Waals surface area (Å²) in [6, 6.07) is 1.35. The Morgan fingerprint density at radius 2 is 2.29 bits per heavy atom. The van der Waals surface area contributed by atoms with Crippen LogP contribution in [0.3, 0.4) is 0 Å². The number of nitrogens with one attached hydrogen (secondary N) is 1. The fraction of sp³-hybridized carbons (Fsp3) is 0.400. The molecule has 0 aliphatic rings.